The lowest BCUT2D eigenvalue weighted by Gasteiger charge is -2.05. The van der Waals surface area contributed by atoms with Crippen molar-refractivity contribution in [2.75, 3.05) is 13.2 Å². The zero-order valence-electron chi connectivity index (χ0n) is 16.3. The van der Waals surface area contributed by atoms with E-state index < -0.39 is 15.8 Å². The van der Waals surface area contributed by atoms with Crippen molar-refractivity contribution in [3.63, 3.8) is 0 Å². The fourth-order valence-corrected chi connectivity index (χ4v) is 2.89. The highest BCUT2D eigenvalue weighted by Crippen LogP contribution is 2.18. The average Bonchev–Trinajstić information content (AvgIpc) is 2.70. The molecule has 0 N–H and O–H groups in total. The van der Waals surface area contributed by atoms with E-state index in [1.54, 1.807) is 36.4 Å². The largest absolute Gasteiger partial charge is 0.494 e. The van der Waals surface area contributed by atoms with Gasteiger partial charge in [-0.05, 0) is 61.4 Å². The van der Waals surface area contributed by atoms with Crippen LogP contribution in [0.4, 0.5) is 0 Å². The van der Waals surface area contributed by atoms with Crippen molar-refractivity contribution >= 4 is 29.3 Å². The monoisotopic (exact) mass is 436 g/mol. The van der Waals surface area contributed by atoms with E-state index in [9.17, 15) is 13.2 Å². The molecule has 0 aliphatic rings. The van der Waals surface area contributed by atoms with Crippen LogP contribution in [0, 0.1) is 11.2 Å². The summed E-state index contributed by atoms with van der Waals surface area (Å²) in [5.41, 5.74) is 0. The molecule has 0 heterocycles. The molecule has 0 fully saturated rings. The summed E-state index contributed by atoms with van der Waals surface area (Å²) in [5, 5.41) is 1.98. The fourth-order valence-electron chi connectivity index (χ4n) is 2.06. The van der Waals surface area contributed by atoms with Crippen molar-refractivity contribution in [1.29, 1.82) is 0 Å². The summed E-state index contributed by atoms with van der Waals surface area (Å²) < 4.78 is 40.3. The van der Waals surface area contributed by atoms with Gasteiger partial charge in [0.2, 0.25) is 9.84 Å². The van der Waals surface area contributed by atoms with Gasteiger partial charge in [-0.1, -0.05) is 13.8 Å². The van der Waals surface area contributed by atoms with Crippen LogP contribution in [0.2, 0.25) is 0 Å². The first-order valence-corrected chi connectivity index (χ1v) is 10.4. The first-order chi connectivity index (χ1) is 13.4. The minimum atomic E-state index is -3.94. The van der Waals surface area contributed by atoms with Gasteiger partial charge in [0.1, 0.15) is 17.2 Å². The molecule has 0 aliphatic carbocycles. The second-order valence-corrected chi connectivity index (χ2v) is 7.44. The molecule has 0 unspecified atom stereocenters. The Balaban J connectivity index is 0.00000420. The third kappa shape index (κ3) is 8.10. The van der Waals surface area contributed by atoms with Gasteiger partial charge in [0, 0.05) is 11.2 Å². The maximum Gasteiger partial charge on any atom is 0.390 e. The molecule has 2 aromatic rings. The highest BCUT2D eigenvalue weighted by atomic mass is 32.2. The van der Waals surface area contributed by atoms with Gasteiger partial charge in [0.05, 0.1) is 18.1 Å². The number of ether oxygens (including phenoxy) is 3. The first kappa shape index (κ1) is 24.4. The van der Waals surface area contributed by atoms with E-state index in [1.165, 1.54) is 12.1 Å². The predicted molar refractivity (Wildman–Crippen MR) is 115 cm³/mol. The van der Waals surface area contributed by atoms with Gasteiger partial charge in [-0.25, -0.2) is 13.2 Å². The summed E-state index contributed by atoms with van der Waals surface area (Å²) in [4.78, 5) is 11.8. The molecular formula is C21H24O6S2. The topological polar surface area (TPSA) is 78.9 Å². The van der Waals surface area contributed by atoms with Crippen molar-refractivity contribution in [3.05, 3.63) is 48.5 Å². The van der Waals surface area contributed by atoms with Crippen LogP contribution in [0.15, 0.2) is 53.4 Å². The number of benzene rings is 2. The van der Waals surface area contributed by atoms with E-state index in [-0.39, 0.29) is 24.1 Å². The van der Waals surface area contributed by atoms with E-state index in [4.69, 9.17) is 14.2 Å². The summed E-state index contributed by atoms with van der Waals surface area (Å²) >= 11 is 0. The van der Waals surface area contributed by atoms with E-state index in [1.807, 2.05) is 25.0 Å². The molecule has 6 nitrogen and oxygen atoms in total. The molecule has 2 aromatic carbocycles. The van der Waals surface area contributed by atoms with Crippen LogP contribution in [-0.4, -0.2) is 27.6 Å². The van der Waals surface area contributed by atoms with Gasteiger partial charge in [-0.15, -0.1) is 0 Å². The number of sulfone groups is 1. The Morgan fingerprint density at radius 2 is 1.28 bits per heavy atom. The fraction of sp³-hybridized carbons (Fsp3) is 0.286. The molecule has 0 aliphatic heterocycles. The van der Waals surface area contributed by atoms with Crippen LogP contribution in [0.5, 0.6) is 17.2 Å². The lowest BCUT2D eigenvalue weighted by molar-refractivity contribution is -0.128. The third-order valence-electron chi connectivity index (χ3n) is 3.40. The van der Waals surface area contributed by atoms with Gasteiger partial charge in [0.25, 0.3) is 0 Å². The lowest BCUT2D eigenvalue weighted by atomic mass is 10.3. The maximum atomic E-state index is 12.2. The van der Waals surface area contributed by atoms with Crippen LogP contribution in [0.3, 0.4) is 0 Å². The second kappa shape index (κ2) is 12.0. The molecule has 0 spiro atoms. The second-order valence-electron chi connectivity index (χ2n) is 5.76. The van der Waals surface area contributed by atoms with Crippen molar-refractivity contribution in [2.45, 2.75) is 31.6 Å². The van der Waals surface area contributed by atoms with Crippen molar-refractivity contribution < 1.29 is 27.4 Å². The summed E-state index contributed by atoms with van der Waals surface area (Å²) in [5.74, 6) is 2.51. The third-order valence-corrected chi connectivity index (χ3v) is 4.67. The molecule has 0 saturated heterocycles. The van der Waals surface area contributed by atoms with Gasteiger partial charge < -0.3 is 14.2 Å². The van der Waals surface area contributed by atoms with Gasteiger partial charge >= 0.3 is 5.97 Å². The number of esters is 1. The van der Waals surface area contributed by atoms with E-state index in [2.05, 4.69) is 0 Å². The van der Waals surface area contributed by atoms with Crippen LogP contribution < -0.4 is 14.2 Å². The van der Waals surface area contributed by atoms with Gasteiger partial charge in [0.15, 0.2) is 0 Å². The first-order valence-electron chi connectivity index (χ1n) is 8.90. The van der Waals surface area contributed by atoms with Crippen LogP contribution in [0.1, 0.15) is 26.7 Å². The number of hydrogen-bond acceptors (Lipinski definition) is 6. The molecule has 0 amide bonds. The molecule has 0 radical (unpaired) electrons. The minimum absolute atomic E-state index is 0. The standard InChI is InChI=1S/C21H22O6S.H2S/c1-3-14-25-17-5-7-19(8-6-17)27-21(22)13-16-28(23,24)20-11-9-18(10-12-20)26-15-4-2;/h5-12H,3-4,14-15H2,1-2H3;1H2. The Morgan fingerprint density at radius 3 is 1.76 bits per heavy atom. The Bertz CT molecular complexity index is 939. The Kier molecular flexibility index (Phi) is 10.1. The zero-order chi connectivity index (χ0) is 20.4. The summed E-state index contributed by atoms with van der Waals surface area (Å²) in [6, 6.07) is 12.3. The molecule has 0 bridgehead atoms. The van der Waals surface area contributed by atoms with E-state index in [0.29, 0.717) is 24.7 Å². The minimum Gasteiger partial charge on any atom is -0.494 e. The van der Waals surface area contributed by atoms with Gasteiger partial charge in [-0.3, -0.25) is 0 Å². The number of carbonyl (C=O) groups is 1. The zero-order valence-corrected chi connectivity index (χ0v) is 18.1. The molecule has 0 atom stereocenters. The number of rotatable bonds is 8. The summed E-state index contributed by atoms with van der Waals surface area (Å²) in [6.07, 6.45) is 1.73. The van der Waals surface area contributed by atoms with E-state index >= 15 is 0 Å². The lowest BCUT2D eigenvalue weighted by Crippen LogP contribution is -2.06. The molecular weight excluding hydrogens is 412 g/mol. The van der Waals surface area contributed by atoms with Crippen LogP contribution in [-0.2, 0) is 14.6 Å². The SMILES string of the molecule is CCCOc1ccc(OC(=O)C#CS(=O)(=O)c2ccc(OCCC)cc2)cc1.S. The maximum absolute atomic E-state index is 12.2. The predicted octanol–water partition coefficient (Wildman–Crippen LogP) is 3.72. The quantitative estimate of drug-likeness (QED) is 0.272. The molecule has 2 rings (SSSR count). The highest BCUT2D eigenvalue weighted by Gasteiger charge is 2.12. The Hall–Kier alpha value is -2.63. The van der Waals surface area contributed by atoms with Crippen molar-refractivity contribution in [3.8, 4) is 28.4 Å². The van der Waals surface area contributed by atoms with Crippen LogP contribution >= 0.6 is 13.5 Å². The highest BCUT2D eigenvalue weighted by molar-refractivity contribution is 7.96. The smallest absolute Gasteiger partial charge is 0.390 e. The molecule has 8 heteroatoms. The summed E-state index contributed by atoms with van der Waals surface area (Å²) in [6.45, 7) is 5.11. The van der Waals surface area contributed by atoms with Crippen LogP contribution in [0.25, 0.3) is 0 Å². The normalized spacial score (nSPS) is 10.1. The number of hydrogen-bond donors (Lipinski definition) is 0. The molecule has 0 aromatic heterocycles. The molecule has 29 heavy (non-hydrogen) atoms. The average molecular weight is 437 g/mol. The van der Waals surface area contributed by atoms with Crippen molar-refractivity contribution in [1.82, 2.24) is 0 Å². The number of carbonyl (C=O) groups excluding carboxylic acids is 1. The molecule has 0 saturated carbocycles. The molecule has 156 valence electrons. The van der Waals surface area contributed by atoms with Gasteiger partial charge in [-0.2, -0.15) is 13.5 Å². The van der Waals surface area contributed by atoms with E-state index in [0.717, 1.165) is 12.8 Å². The van der Waals surface area contributed by atoms with Crippen molar-refractivity contribution in [2.24, 2.45) is 0 Å². The Morgan fingerprint density at radius 1 is 0.828 bits per heavy atom. The summed E-state index contributed by atoms with van der Waals surface area (Å²) in [7, 11) is -3.94. The Labute approximate surface area is 178 Å².